The molecule has 5 unspecified atom stereocenters. The molecule has 81 heavy (non-hydrogen) atoms. The predicted octanol–water partition coefficient (Wildman–Crippen LogP) is 16.7. The summed E-state index contributed by atoms with van der Waals surface area (Å²) in [6, 6.07) is -0.264. The number of nitrogens with zero attached hydrogens (tertiary/aromatic N) is 6. The van der Waals surface area contributed by atoms with Crippen molar-refractivity contribution < 1.29 is 20.4 Å². The molecule has 11 nitrogen and oxygen atoms in total. The Morgan fingerprint density at radius 3 is 0.802 bits per heavy atom. The quantitative estimate of drug-likeness (QED) is 0.0345. The van der Waals surface area contributed by atoms with Gasteiger partial charge in [-0.05, 0) is 32.1 Å². The molecule has 5 atom stereocenters. The number of nitroso groups, excluding NO2 is 1. The van der Waals surface area contributed by atoms with Crippen molar-refractivity contribution in [2.24, 2.45) is 5.18 Å². The highest BCUT2D eigenvalue weighted by Gasteiger charge is 2.24. The summed E-state index contributed by atoms with van der Waals surface area (Å²) in [6.45, 7) is 23.8. The van der Waals surface area contributed by atoms with Gasteiger partial charge in [-0.15, -0.1) is 0 Å². The second-order valence-corrected chi connectivity index (χ2v) is 26.2. The first-order valence-electron chi connectivity index (χ1n) is 36.3. The maximum Gasteiger partial charge on any atom is 0.105 e. The lowest BCUT2D eigenvalue weighted by Crippen LogP contribution is -2.51. The lowest BCUT2D eigenvalue weighted by atomic mass is 10.0. The average Bonchev–Trinajstić information content (AvgIpc) is 3.46. The molecule has 4 N–H and O–H groups in total. The number of hydrogen-bond donors (Lipinski definition) is 4. The van der Waals surface area contributed by atoms with Crippen molar-refractivity contribution in [2.45, 2.75) is 354 Å². The van der Waals surface area contributed by atoms with E-state index >= 15 is 0 Å². The van der Waals surface area contributed by atoms with Crippen LogP contribution in [0.2, 0.25) is 0 Å². The van der Waals surface area contributed by atoms with Gasteiger partial charge in [-0.2, -0.15) is 4.91 Å². The smallest absolute Gasteiger partial charge is 0.105 e. The van der Waals surface area contributed by atoms with Crippen molar-refractivity contribution in [3.05, 3.63) is 4.91 Å². The van der Waals surface area contributed by atoms with Crippen LogP contribution in [0.3, 0.4) is 0 Å². The third-order valence-corrected chi connectivity index (χ3v) is 18.1. The molecule has 1 aliphatic heterocycles. The number of piperazine rings is 1. The summed E-state index contributed by atoms with van der Waals surface area (Å²) >= 11 is 0. The summed E-state index contributed by atoms with van der Waals surface area (Å²) in [7, 11) is 0. The topological polar surface area (TPSA) is 127 Å². The van der Waals surface area contributed by atoms with Crippen molar-refractivity contribution in [3.8, 4) is 0 Å². The van der Waals surface area contributed by atoms with Crippen molar-refractivity contribution >= 4 is 0 Å². The third kappa shape index (κ3) is 51.0. The first-order valence-corrected chi connectivity index (χ1v) is 36.3. The van der Waals surface area contributed by atoms with E-state index in [0.29, 0.717) is 32.7 Å². The molecule has 0 aromatic heterocycles. The molecule has 0 radical (unpaired) electrons. The highest BCUT2D eigenvalue weighted by molar-refractivity contribution is 4.80. The molecular formula is C70H144N6O5. The Morgan fingerprint density at radius 1 is 0.296 bits per heavy atom. The van der Waals surface area contributed by atoms with Crippen LogP contribution < -0.4 is 0 Å². The molecule has 1 fully saturated rings. The van der Waals surface area contributed by atoms with Gasteiger partial charge in [0.05, 0.1) is 24.4 Å². The van der Waals surface area contributed by atoms with Crippen molar-refractivity contribution in [3.63, 3.8) is 0 Å². The standard InChI is InChI=1S/C70H144N6O5/c1-6-11-16-21-26-31-36-41-46-66(71-81)61-75(63-68(78)48-43-38-33-28-23-18-13-8-3)60-58-74(62-67(77)47-42-37-32-27-22-17-12-7-2)57-55-72-51-53-73(54-52-72)56-59-76(64-69(79)49-44-39-34-29-24-19-14-9-4)65-70(80)50-45-40-35-30-25-20-15-10-5/h66-70,77-80H,6-65H2,1-5H3. The van der Waals surface area contributed by atoms with Gasteiger partial charge >= 0.3 is 0 Å². The maximum absolute atomic E-state index is 12.4. The Hall–Kier alpha value is -0.760. The Balaban J connectivity index is 2.98. The first-order chi connectivity index (χ1) is 39.7. The van der Waals surface area contributed by atoms with Gasteiger partial charge in [-0.1, -0.05) is 297 Å². The van der Waals surface area contributed by atoms with Crippen molar-refractivity contribution in [2.75, 3.05) is 98.2 Å². The molecule has 0 saturated carbocycles. The number of unbranched alkanes of at least 4 members (excludes halogenated alkanes) is 35. The zero-order valence-electron chi connectivity index (χ0n) is 55.2. The highest BCUT2D eigenvalue weighted by atomic mass is 16.3. The molecule has 1 aliphatic rings. The SMILES string of the molecule is CCCCCCCCCCC(O)CN(CCN1CCN(CCN(CC(O)CCCCCCCCCC)CC(O)CCCCCCCCCC)CC1)CCN(CC(O)CCCCCCCCCC)CC(CCCCCCCCCC)N=O. The monoisotopic (exact) mass is 1150 g/mol. The molecule has 0 aromatic rings. The molecule has 0 spiro atoms. The van der Waals surface area contributed by atoms with Crippen LogP contribution >= 0.6 is 0 Å². The van der Waals surface area contributed by atoms with E-state index in [0.717, 1.165) is 136 Å². The van der Waals surface area contributed by atoms with Crippen molar-refractivity contribution in [1.82, 2.24) is 24.5 Å². The fourth-order valence-electron chi connectivity index (χ4n) is 12.5. The molecule has 0 bridgehead atoms. The maximum atomic E-state index is 12.4. The van der Waals surface area contributed by atoms with Crippen LogP contribution in [0.4, 0.5) is 0 Å². The van der Waals surface area contributed by atoms with Crippen LogP contribution in [0.25, 0.3) is 0 Å². The van der Waals surface area contributed by atoms with E-state index in [2.05, 4.69) is 64.3 Å². The summed E-state index contributed by atoms with van der Waals surface area (Å²) in [5, 5.41) is 49.3. The van der Waals surface area contributed by atoms with Gasteiger partial charge in [0.1, 0.15) is 6.04 Å². The molecule has 484 valence electrons. The zero-order chi connectivity index (χ0) is 58.9. The fourth-order valence-corrected chi connectivity index (χ4v) is 12.5. The summed E-state index contributed by atoms with van der Waals surface area (Å²) in [5.41, 5.74) is 0. The van der Waals surface area contributed by atoms with E-state index in [9.17, 15) is 25.3 Å². The number of aliphatic hydroxyl groups is 4. The minimum Gasteiger partial charge on any atom is -0.392 e. The van der Waals surface area contributed by atoms with Crippen LogP contribution in [-0.4, -0.2) is 174 Å². The third-order valence-electron chi connectivity index (χ3n) is 18.1. The van der Waals surface area contributed by atoms with E-state index in [1.165, 1.54) is 218 Å². The van der Waals surface area contributed by atoms with E-state index in [1.54, 1.807) is 0 Å². The molecule has 1 heterocycles. The van der Waals surface area contributed by atoms with Crippen LogP contribution in [0.1, 0.15) is 324 Å². The molecule has 0 amide bonds. The minimum absolute atomic E-state index is 0.264. The Kier molecular flexibility index (Phi) is 57.5. The molecule has 1 rings (SSSR count). The fraction of sp³-hybridized carbons (Fsp3) is 1.00. The van der Waals surface area contributed by atoms with Crippen LogP contribution in [0.5, 0.6) is 0 Å². The molecular weight excluding hydrogens is 1000 g/mol. The Labute approximate surface area is 505 Å². The largest absolute Gasteiger partial charge is 0.392 e. The van der Waals surface area contributed by atoms with Gasteiger partial charge in [0, 0.05) is 98.2 Å². The van der Waals surface area contributed by atoms with Gasteiger partial charge < -0.3 is 20.4 Å². The number of hydrogen-bond acceptors (Lipinski definition) is 11. The minimum atomic E-state index is -0.417. The van der Waals surface area contributed by atoms with Gasteiger partial charge in [0.15, 0.2) is 0 Å². The molecule has 0 aromatic carbocycles. The second-order valence-electron chi connectivity index (χ2n) is 26.2. The average molecular weight is 1150 g/mol. The van der Waals surface area contributed by atoms with Crippen LogP contribution in [0, 0.1) is 4.91 Å². The van der Waals surface area contributed by atoms with Crippen LogP contribution in [0.15, 0.2) is 5.18 Å². The normalized spacial score (nSPS) is 15.6. The lowest BCUT2D eigenvalue weighted by Gasteiger charge is -2.37. The van der Waals surface area contributed by atoms with Gasteiger partial charge in [-0.25, -0.2) is 0 Å². The van der Waals surface area contributed by atoms with Crippen LogP contribution in [-0.2, 0) is 0 Å². The Morgan fingerprint density at radius 2 is 0.519 bits per heavy atom. The number of rotatable bonds is 65. The summed E-state index contributed by atoms with van der Waals surface area (Å²) in [6.07, 6.45) is 53.1. The highest BCUT2D eigenvalue weighted by Crippen LogP contribution is 2.19. The van der Waals surface area contributed by atoms with Gasteiger partial charge in [0.2, 0.25) is 0 Å². The number of aliphatic hydroxyl groups excluding tert-OH is 4. The van der Waals surface area contributed by atoms with E-state index in [-0.39, 0.29) is 24.4 Å². The molecule has 11 heteroatoms. The zero-order valence-corrected chi connectivity index (χ0v) is 55.2. The molecule has 1 saturated heterocycles. The lowest BCUT2D eigenvalue weighted by molar-refractivity contribution is 0.0469. The van der Waals surface area contributed by atoms with E-state index in [1.807, 2.05) is 0 Å². The molecule has 0 aliphatic carbocycles. The predicted molar refractivity (Wildman–Crippen MR) is 352 cm³/mol. The summed E-state index contributed by atoms with van der Waals surface area (Å²) < 4.78 is 0. The van der Waals surface area contributed by atoms with E-state index in [4.69, 9.17) is 0 Å². The Bertz CT molecular complexity index is 1240. The second kappa shape index (κ2) is 59.6. The van der Waals surface area contributed by atoms with E-state index < -0.39 is 6.10 Å². The van der Waals surface area contributed by atoms with Crippen molar-refractivity contribution in [1.29, 1.82) is 0 Å². The summed E-state index contributed by atoms with van der Waals surface area (Å²) in [5.74, 6) is 0. The summed E-state index contributed by atoms with van der Waals surface area (Å²) in [4.78, 5) is 24.8. The first kappa shape index (κ1) is 78.3. The van der Waals surface area contributed by atoms with Gasteiger partial charge in [0.25, 0.3) is 0 Å². The van der Waals surface area contributed by atoms with Gasteiger partial charge in [-0.3, -0.25) is 24.5 Å².